The highest BCUT2D eigenvalue weighted by Gasteiger charge is 2.21. The number of hydrogen-bond donors (Lipinski definition) is 0. The van der Waals surface area contributed by atoms with Crippen molar-refractivity contribution in [1.29, 1.82) is 0 Å². The first-order valence-electron chi connectivity index (χ1n) is 5.91. The Morgan fingerprint density at radius 3 is 2.40 bits per heavy atom. The molecule has 0 radical (unpaired) electrons. The second kappa shape index (κ2) is 4.82. The molecule has 86 valence electrons. The van der Waals surface area contributed by atoms with E-state index in [4.69, 9.17) is 4.99 Å². The number of likely N-dealkylation sites (tertiary alicyclic amines) is 1. The van der Waals surface area contributed by atoms with E-state index in [9.17, 15) is 0 Å². The molecule has 1 aliphatic heterocycles. The Morgan fingerprint density at radius 2 is 2.00 bits per heavy atom. The van der Waals surface area contributed by atoms with Gasteiger partial charge in [0.15, 0.2) is 0 Å². The fourth-order valence-corrected chi connectivity index (χ4v) is 1.80. The molecule has 0 aromatic carbocycles. The van der Waals surface area contributed by atoms with Gasteiger partial charge in [-0.05, 0) is 38.7 Å². The molecule has 0 bridgehead atoms. The van der Waals surface area contributed by atoms with Gasteiger partial charge in [0.05, 0.1) is 0 Å². The predicted octanol–water partition coefficient (Wildman–Crippen LogP) is 3.45. The third-order valence-corrected chi connectivity index (χ3v) is 3.59. The van der Waals surface area contributed by atoms with Crippen LogP contribution >= 0.6 is 0 Å². The molecule has 1 saturated heterocycles. The van der Waals surface area contributed by atoms with Crippen molar-refractivity contribution >= 4 is 5.84 Å². The Hall–Kier alpha value is -0.790. The van der Waals surface area contributed by atoms with E-state index < -0.39 is 0 Å². The average molecular weight is 208 g/mol. The molecule has 2 nitrogen and oxygen atoms in total. The lowest BCUT2D eigenvalue weighted by Crippen LogP contribution is -2.26. The standard InChI is InChI=1S/C13H24N2/c1-9(2)11(4)12(5)14-13-8-7-10(3)15(13)6/h9-10H,7-8H2,1-6H3/b12-11-,14-13-. The predicted molar refractivity (Wildman–Crippen MR) is 67.1 cm³/mol. The third-order valence-electron chi connectivity index (χ3n) is 3.59. The van der Waals surface area contributed by atoms with E-state index >= 15 is 0 Å². The van der Waals surface area contributed by atoms with Crippen molar-refractivity contribution < 1.29 is 0 Å². The van der Waals surface area contributed by atoms with Crippen molar-refractivity contribution in [2.24, 2.45) is 10.9 Å². The van der Waals surface area contributed by atoms with E-state index in [-0.39, 0.29) is 0 Å². The first-order valence-corrected chi connectivity index (χ1v) is 5.91. The van der Waals surface area contributed by atoms with Crippen LogP contribution in [0.1, 0.15) is 47.5 Å². The number of rotatable bonds is 2. The van der Waals surface area contributed by atoms with Crippen molar-refractivity contribution in [3.8, 4) is 0 Å². The highest BCUT2D eigenvalue weighted by molar-refractivity contribution is 5.85. The summed E-state index contributed by atoms with van der Waals surface area (Å²) in [5.41, 5.74) is 2.59. The second-order valence-electron chi connectivity index (χ2n) is 4.95. The van der Waals surface area contributed by atoms with Crippen LogP contribution in [0.5, 0.6) is 0 Å². The van der Waals surface area contributed by atoms with Gasteiger partial charge in [0, 0.05) is 25.2 Å². The Morgan fingerprint density at radius 1 is 1.40 bits per heavy atom. The molecule has 0 aromatic heterocycles. The smallest absolute Gasteiger partial charge is 0.104 e. The minimum atomic E-state index is 0.596. The van der Waals surface area contributed by atoms with Gasteiger partial charge in [-0.3, -0.25) is 0 Å². The molecular formula is C13H24N2. The zero-order valence-electron chi connectivity index (χ0n) is 11.0. The third kappa shape index (κ3) is 2.83. The van der Waals surface area contributed by atoms with Gasteiger partial charge in [0.2, 0.25) is 0 Å². The lowest BCUT2D eigenvalue weighted by Gasteiger charge is -2.18. The summed E-state index contributed by atoms with van der Waals surface area (Å²) in [5.74, 6) is 1.85. The Bertz CT molecular complexity index is 287. The average Bonchev–Trinajstić information content (AvgIpc) is 2.48. The van der Waals surface area contributed by atoms with Gasteiger partial charge in [0.1, 0.15) is 5.84 Å². The fraction of sp³-hybridized carbons (Fsp3) is 0.769. The highest BCUT2D eigenvalue weighted by Crippen LogP contribution is 2.21. The molecule has 0 aliphatic carbocycles. The van der Waals surface area contributed by atoms with E-state index in [1.165, 1.54) is 23.5 Å². The summed E-state index contributed by atoms with van der Waals surface area (Å²) < 4.78 is 0. The van der Waals surface area contributed by atoms with E-state index in [1.807, 2.05) is 0 Å². The Balaban J connectivity index is 2.84. The number of nitrogens with zero attached hydrogens (tertiary/aromatic N) is 2. The normalized spacial score (nSPS) is 26.5. The Labute approximate surface area is 94.1 Å². The summed E-state index contributed by atoms with van der Waals surface area (Å²) in [6.45, 7) is 11.0. The molecule has 0 amide bonds. The minimum Gasteiger partial charge on any atom is -0.360 e. The lowest BCUT2D eigenvalue weighted by molar-refractivity contribution is 0.423. The van der Waals surface area contributed by atoms with E-state index in [0.29, 0.717) is 12.0 Å². The lowest BCUT2D eigenvalue weighted by atomic mass is 10.0. The van der Waals surface area contributed by atoms with Crippen LogP contribution in [-0.2, 0) is 0 Å². The quantitative estimate of drug-likeness (QED) is 0.678. The van der Waals surface area contributed by atoms with Crippen LogP contribution in [0.4, 0.5) is 0 Å². The molecule has 15 heavy (non-hydrogen) atoms. The summed E-state index contributed by atoms with van der Waals surface area (Å²) in [7, 11) is 2.15. The molecule has 0 aromatic rings. The van der Waals surface area contributed by atoms with Gasteiger partial charge >= 0.3 is 0 Å². The van der Waals surface area contributed by atoms with Crippen molar-refractivity contribution in [2.45, 2.75) is 53.5 Å². The molecular weight excluding hydrogens is 184 g/mol. The molecule has 1 fully saturated rings. The van der Waals surface area contributed by atoms with Gasteiger partial charge in [-0.25, -0.2) is 4.99 Å². The van der Waals surface area contributed by atoms with E-state index in [2.05, 4.69) is 46.6 Å². The summed E-state index contributed by atoms with van der Waals surface area (Å²) in [6, 6.07) is 0.649. The summed E-state index contributed by atoms with van der Waals surface area (Å²) in [5, 5.41) is 0. The number of hydrogen-bond acceptors (Lipinski definition) is 1. The maximum atomic E-state index is 4.75. The zero-order chi connectivity index (χ0) is 11.6. The first kappa shape index (κ1) is 12.3. The molecule has 0 spiro atoms. The van der Waals surface area contributed by atoms with Crippen molar-refractivity contribution in [2.75, 3.05) is 7.05 Å². The zero-order valence-corrected chi connectivity index (χ0v) is 11.0. The van der Waals surface area contributed by atoms with Crippen LogP contribution in [0.25, 0.3) is 0 Å². The largest absolute Gasteiger partial charge is 0.360 e. The molecule has 1 heterocycles. The maximum Gasteiger partial charge on any atom is 0.104 e. The molecule has 1 rings (SSSR count). The van der Waals surface area contributed by atoms with Crippen molar-refractivity contribution in [1.82, 2.24) is 4.90 Å². The van der Waals surface area contributed by atoms with Gasteiger partial charge in [-0.2, -0.15) is 0 Å². The summed E-state index contributed by atoms with van der Waals surface area (Å²) in [4.78, 5) is 7.05. The second-order valence-corrected chi connectivity index (χ2v) is 4.95. The van der Waals surface area contributed by atoms with E-state index in [0.717, 1.165) is 6.42 Å². The molecule has 0 N–H and O–H groups in total. The number of amidine groups is 1. The maximum absolute atomic E-state index is 4.75. The highest BCUT2D eigenvalue weighted by atomic mass is 15.2. The van der Waals surface area contributed by atoms with Gasteiger partial charge in [0.25, 0.3) is 0 Å². The van der Waals surface area contributed by atoms with Crippen LogP contribution in [0.15, 0.2) is 16.3 Å². The van der Waals surface area contributed by atoms with E-state index in [1.54, 1.807) is 0 Å². The Kier molecular flexibility index (Phi) is 3.95. The molecule has 0 saturated carbocycles. The van der Waals surface area contributed by atoms with Gasteiger partial charge in [-0.15, -0.1) is 0 Å². The molecule has 1 unspecified atom stereocenters. The molecule has 2 heteroatoms. The monoisotopic (exact) mass is 208 g/mol. The first-order chi connectivity index (χ1) is 6.93. The fourth-order valence-electron chi connectivity index (χ4n) is 1.80. The van der Waals surface area contributed by atoms with Crippen LogP contribution in [0.2, 0.25) is 0 Å². The van der Waals surface area contributed by atoms with Crippen molar-refractivity contribution in [3.05, 3.63) is 11.3 Å². The minimum absolute atomic E-state index is 0.596. The van der Waals surface area contributed by atoms with Gasteiger partial charge in [-0.1, -0.05) is 13.8 Å². The molecule has 1 atom stereocenters. The number of aliphatic imine (C=N–C) groups is 1. The molecule has 1 aliphatic rings. The summed E-state index contributed by atoms with van der Waals surface area (Å²) >= 11 is 0. The summed E-state index contributed by atoms with van der Waals surface area (Å²) in [6.07, 6.45) is 2.36. The van der Waals surface area contributed by atoms with Crippen LogP contribution in [0.3, 0.4) is 0 Å². The number of allylic oxidation sites excluding steroid dienone is 2. The van der Waals surface area contributed by atoms with Crippen molar-refractivity contribution in [3.63, 3.8) is 0 Å². The van der Waals surface area contributed by atoms with Gasteiger partial charge < -0.3 is 4.90 Å². The van der Waals surface area contributed by atoms with Crippen LogP contribution in [-0.4, -0.2) is 23.8 Å². The van der Waals surface area contributed by atoms with Crippen LogP contribution in [0, 0.1) is 5.92 Å². The SMILES string of the molecule is CC(/N=C1/CCC(C)N1C)=C(\C)C(C)C. The topological polar surface area (TPSA) is 15.6 Å². The van der Waals surface area contributed by atoms with Crippen LogP contribution < -0.4 is 0 Å².